The van der Waals surface area contributed by atoms with Gasteiger partial charge >= 0.3 is 0 Å². The van der Waals surface area contributed by atoms with Crippen molar-refractivity contribution in [1.82, 2.24) is 0 Å². The molecule has 1 heterocycles. The quantitative estimate of drug-likeness (QED) is 0.692. The van der Waals surface area contributed by atoms with Crippen LogP contribution >= 0.6 is 0 Å². The van der Waals surface area contributed by atoms with Crippen LogP contribution in [0.5, 0.6) is 0 Å². The molecule has 1 rings (SSSR count). The maximum Gasteiger partial charge on any atom is 0.157 e. The highest BCUT2D eigenvalue weighted by molar-refractivity contribution is 4.94. The molecule has 1 saturated heterocycles. The predicted molar refractivity (Wildman–Crippen MR) is 53.5 cm³/mol. The van der Waals surface area contributed by atoms with Gasteiger partial charge in [0.05, 0.1) is 6.10 Å². The fourth-order valence-corrected chi connectivity index (χ4v) is 1.82. The summed E-state index contributed by atoms with van der Waals surface area (Å²) in [5.74, 6) is 2.85. The van der Waals surface area contributed by atoms with E-state index in [-0.39, 0.29) is 12.4 Å². The highest BCUT2D eigenvalue weighted by atomic mass is 16.7. The molecule has 1 N–H and O–H groups in total. The summed E-state index contributed by atoms with van der Waals surface area (Å²) >= 11 is 0. The molecule has 0 aromatic carbocycles. The van der Waals surface area contributed by atoms with Crippen molar-refractivity contribution in [3.8, 4) is 12.3 Å². The summed E-state index contributed by atoms with van der Waals surface area (Å²) < 4.78 is 10.8. The van der Waals surface area contributed by atoms with E-state index in [2.05, 4.69) is 12.8 Å². The van der Waals surface area contributed by atoms with Crippen LogP contribution in [0, 0.1) is 18.3 Å². The molecule has 14 heavy (non-hydrogen) atoms. The van der Waals surface area contributed by atoms with Gasteiger partial charge in [-0.3, -0.25) is 0 Å². The Kier molecular flexibility index (Phi) is 4.40. The second kappa shape index (κ2) is 5.35. The molecule has 0 amide bonds. The van der Waals surface area contributed by atoms with Crippen molar-refractivity contribution in [1.29, 1.82) is 0 Å². The second-order valence-electron chi connectivity index (χ2n) is 3.92. The van der Waals surface area contributed by atoms with Gasteiger partial charge in [-0.05, 0) is 12.3 Å². The van der Waals surface area contributed by atoms with Crippen molar-refractivity contribution in [3.05, 3.63) is 0 Å². The van der Waals surface area contributed by atoms with Crippen LogP contribution in [0.1, 0.15) is 26.2 Å². The van der Waals surface area contributed by atoms with Gasteiger partial charge in [-0.15, -0.1) is 6.42 Å². The van der Waals surface area contributed by atoms with Crippen LogP contribution < -0.4 is 0 Å². The van der Waals surface area contributed by atoms with E-state index in [0.717, 1.165) is 12.8 Å². The molecule has 1 aliphatic heterocycles. The fraction of sp³-hybridized carbons (Fsp3) is 0.818. The molecule has 0 radical (unpaired) electrons. The maximum absolute atomic E-state index is 9.30. The Morgan fingerprint density at radius 1 is 1.64 bits per heavy atom. The Balaban J connectivity index is 2.41. The topological polar surface area (TPSA) is 38.7 Å². The van der Waals surface area contributed by atoms with E-state index in [1.54, 1.807) is 7.11 Å². The fourth-order valence-electron chi connectivity index (χ4n) is 1.82. The van der Waals surface area contributed by atoms with Crippen LogP contribution in [0.2, 0.25) is 0 Å². The van der Waals surface area contributed by atoms with Gasteiger partial charge in [-0.25, -0.2) is 0 Å². The molecule has 0 aromatic heterocycles. The molecule has 1 fully saturated rings. The lowest BCUT2D eigenvalue weighted by atomic mass is 9.94. The summed E-state index contributed by atoms with van der Waals surface area (Å²) in [5, 5.41) is 9.30. The van der Waals surface area contributed by atoms with Gasteiger partial charge in [0, 0.05) is 20.0 Å². The molecule has 0 bridgehead atoms. The molecule has 0 spiro atoms. The molecule has 3 heteroatoms. The minimum atomic E-state index is -0.706. The van der Waals surface area contributed by atoms with Gasteiger partial charge < -0.3 is 14.6 Å². The average Bonchev–Trinajstić information content (AvgIpc) is 2.16. The zero-order valence-electron chi connectivity index (χ0n) is 8.77. The van der Waals surface area contributed by atoms with Crippen molar-refractivity contribution in [3.63, 3.8) is 0 Å². The zero-order valence-corrected chi connectivity index (χ0v) is 8.77. The maximum atomic E-state index is 9.30. The molecule has 3 nitrogen and oxygen atoms in total. The summed E-state index contributed by atoms with van der Waals surface area (Å²) in [4.78, 5) is 0. The molecule has 0 aliphatic carbocycles. The highest BCUT2D eigenvalue weighted by Gasteiger charge is 2.27. The molecule has 1 aliphatic rings. The van der Waals surface area contributed by atoms with E-state index in [0.29, 0.717) is 12.3 Å². The number of ether oxygens (including phenoxy) is 2. The third-order valence-electron chi connectivity index (χ3n) is 2.55. The van der Waals surface area contributed by atoms with E-state index in [1.807, 2.05) is 0 Å². The first-order valence-electron chi connectivity index (χ1n) is 4.98. The van der Waals surface area contributed by atoms with Crippen LogP contribution in [0.15, 0.2) is 0 Å². The predicted octanol–water partition coefficient (Wildman–Crippen LogP) is 1.16. The number of aliphatic hydroxyl groups is 1. The summed E-state index contributed by atoms with van der Waals surface area (Å²) in [6.07, 6.45) is 6.64. The standard InChI is InChI=1S/C11H18O3/c1-4-9(12)7-10-5-8(2)6-11(13-3)14-10/h1,8-12H,5-7H2,2-3H3/t8-,9?,10-,11?/m1/s1. The normalized spacial score (nSPS) is 34.9. The van der Waals surface area contributed by atoms with Gasteiger partial charge in [-0.1, -0.05) is 12.8 Å². The Labute approximate surface area is 85.4 Å². The number of terminal acetylenes is 1. The summed E-state index contributed by atoms with van der Waals surface area (Å²) in [7, 11) is 1.64. The van der Waals surface area contributed by atoms with Crippen molar-refractivity contribution in [2.45, 2.75) is 44.7 Å². The third-order valence-corrected chi connectivity index (χ3v) is 2.55. The first kappa shape index (κ1) is 11.5. The minimum absolute atomic E-state index is 0.0229. The lowest BCUT2D eigenvalue weighted by Gasteiger charge is -2.33. The lowest BCUT2D eigenvalue weighted by molar-refractivity contribution is -0.195. The van der Waals surface area contributed by atoms with Gasteiger partial charge in [0.15, 0.2) is 6.29 Å². The third kappa shape index (κ3) is 3.30. The number of hydrogen-bond acceptors (Lipinski definition) is 3. The smallest absolute Gasteiger partial charge is 0.157 e. The molecule has 0 aromatic rings. The summed E-state index contributed by atoms with van der Waals surface area (Å²) in [6, 6.07) is 0. The Hall–Kier alpha value is -0.560. The summed E-state index contributed by atoms with van der Waals surface area (Å²) in [5.41, 5.74) is 0. The van der Waals surface area contributed by atoms with Gasteiger partial charge in [0.1, 0.15) is 6.10 Å². The molecular weight excluding hydrogens is 180 g/mol. The molecule has 0 saturated carbocycles. The zero-order chi connectivity index (χ0) is 10.6. The first-order chi connectivity index (χ1) is 6.65. The highest BCUT2D eigenvalue weighted by Crippen LogP contribution is 2.27. The van der Waals surface area contributed by atoms with Crippen molar-refractivity contribution < 1.29 is 14.6 Å². The first-order valence-corrected chi connectivity index (χ1v) is 4.98. The SMILES string of the molecule is C#CC(O)C[C@H]1C[C@@H](C)CC(OC)O1. The van der Waals surface area contributed by atoms with Gasteiger partial charge in [0.25, 0.3) is 0 Å². The Bertz CT molecular complexity index is 209. The number of aliphatic hydroxyl groups excluding tert-OH is 1. The molecular formula is C11H18O3. The molecule has 80 valence electrons. The van der Waals surface area contributed by atoms with E-state index in [4.69, 9.17) is 15.9 Å². The van der Waals surface area contributed by atoms with Crippen LogP contribution in [-0.2, 0) is 9.47 Å². The van der Waals surface area contributed by atoms with Crippen molar-refractivity contribution in [2.24, 2.45) is 5.92 Å². The largest absolute Gasteiger partial charge is 0.380 e. The van der Waals surface area contributed by atoms with Crippen molar-refractivity contribution in [2.75, 3.05) is 7.11 Å². The molecule has 2 unspecified atom stereocenters. The summed E-state index contributed by atoms with van der Waals surface area (Å²) in [6.45, 7) is 2.16. The Morgan fingerprint density at radius 3 is 2.93 bits per heavy atom. The van der Waals surface area contributed by atoms with Crippen molar-refractivity contribution >= 4 is 0 Å². The number of hydrogen-bond donors (Lipinski definition) is 1. The van der Waals surface area contributed by atoms with Crippen LogP contribution in [0.25, 0.3) is 0 Å². The van der Waals surface area contributed by atoms with E-state index in [9.17, 15) is 5.11 Å². The van der Waals surface area contributed by atoms with E-state index < -0.39 is 6.10 Å². The Morgan fingerprint density at radius 2 is 2.36 bits per heavy atom. The number of rotatable bonds is 3. The molecule has 4 atom stereocenters. The van der Waals surface area contributed by atoms with Crippen LogP contribution in [0.3, 0.4) is 0 Å². The van der Waals surface area contributed by atoms with Gasteiger partial charge in [-0.2, -0.15) is 0 Å². The average molecular weight is 198 g/mol. The lowest BCUT2D eigenvalue weighted by Crippen LogP contribution is -2.34. The van der Waals surface area contributed by atoms with E-state index >= 15 is 0 Å². The minimum Gasteiger partial charge on any atom is -0.380 e. The number of methoxy groups -OCH3 is 1. The van der Waals surface area contributed by atoms with Gasteiger partial charge in [0.2, 0.25) is 0 Å². The monoisotopic (exact) mass is 198 g/mol. The van der Waals surface area contributed by atoms with Crippen LogP contribution in [-0.4, -0.2) is 30.7 Å². The van der Waals surface area contributed by atoms with Crippen LogP contribution in [0.4, 0.5) is 0 Å². The van der Waals surface area contributed by atoms with E-state index in [1.165, 1.54) is 0 Å². The second-order valence-corrected chi connectivity index (χ2v) is 3.92.